The minimum atomic E-state index is -0.251. The van der Waals surface area contributed by atoms with Crippen molar-refractivity contribution in [2.24, 2.45) is 0 Å². The van der Waals surface area contributed by atoms with E-state index in [4.69, 9.17) is 0 Å². The van der Waals surface area contributed by atoms with Crippen molar-refractivity contribution in [3.63, 3.8) is 0 Å². The van der Waals surface area contributed by atoms with E-state index < -0.39 is 0 Å². The van der Waals surface area contributed by atoms with Crippen molar-refractivity contribution in [2.45, 2.75) is 32.9 Å². The second kappa shape index (κ2) is 5.69. The lowest BCUT2D eigenvalue weighted by atomic mass is 10.1. The van der Waals surface area contributed by atoms with Gasteiger partial charge in [-0.2, -0.15) is 0 Å². The Morgan fingerprint density at radius 2 is 2.11 bits per heavy atom. The number of nitrogens with one attached hydrogen (secondary N) is 1. The Labute approximate surface area is 125 Å². The maximum atomic E-state index is 13.8. The molecule has 1 N–H and O–H groups in total. The van der Waals surface area contributed by atoms with Crippen LogP contribution in [-0.4, -0.2) is 10.5 Å². The smallest absolute Gasteiger partial charge is 0.134 e. The van der Waals surface area contributed by atoms with Crippen LogP contribution >= 0.6 is 27.3 Å². The Hall–Kier alpha value is -0.780. The number of halogens is 2. The molecule has 0 amide bonds. The summed E-state index contributed by atoms with van der Waals surface area (Å²) in [7, 11) is 0. The summed E-state index contributed by atoms with van der Waals surface area (Å²) in [6.45, 7) is 7.09. The van der Waals surface area contributed by atoms with Gasteiger partial charge in [0.25, 0.3) is 0 Å². The van der Waals surface area contributed by atoms with Crippen molar-refractivity contribution < 1.29 is 4.39 Å². The zero-order valence-electron chi connectivity index (χ0n) is 11.1. The molecule has 0 atom stereocenters. The first-order valence-corrected chi connectivity index (χ1v) is 7.61. The fraction of sp³-hybridized carbons (Fsp3) is 0.357. The molecule has 0 fully saturated rings. The molecule has 0 saturated carbocycles. The molecule has 0 radical (unpaired) electrons. The molecule has 0 aliphatic carbocycles. The fourth-order valence-corrected chi connectivity index (χ4v) is 2.74. The molecule has 0 spiro atoms. The average molecular weight is 343 g/mol. The molecule has 0 saturated heterocycles. The van der Waals surface area contributed by atoms with Crippen molar-refractivity contribution in [2.75, 3.05) is 0 Å². The molecule has 0 aliphatic heterocycles. The molecule has 2 rings (SSSR count). The van der Waals surface area contributed by atoms with Gasteiger partial charge >= 0.3 is 0 Å². The van der Waals surface area contributed by atoms with Crippen molar-refractivity contribution >= 4 is 27.3 Å². The van der Waals surface area contributed by atoms with E-state index >= 15 is 0 Å². The largest absolute Gasteiger partial charge is 0.307 e. The van der Waals surface area contributed by atoms with Gasteiger partial charge in [-0.15, -0.1) is 11.3 Å². The van der Waals surface area contributed by atoms with Crippen molar-refractivity contribution in [3.8, 4) is 10.6 Å². The monoisotopic (exact) mass is 342 g/mol. The highest BCUT2D eigenvalue weighted by Gasteiger charge is 2.12. The zero-order chi connectivity index (χ0) is 14.0. The predicted octanol–water partition coefficient (Wildman–Crippen LogP) is 4.60. The molecule has 1 aromatic carbocycles. The van der Waals surface area contributed by atoms with E-state index in [2.05, 4.69) is 47.0 Å². The molecule has 1 heterocycles. The Morgan fingerprint density at radius 3 is 2.74 bits per heavy atom. The van der Waals surface area contributed by atoms with Gasteiger partial charge < -0.3 is 5.32 Å². The fourth-order valence-electron chi connectivity index (χ4n) is 1.53. The number of rotatable bonds is 3. The molecule has 19 heavy (non-hydrogen) atoms. The highest BCUT2D eigenvalue weighted by Crippen LogP contribution is 2.29. The minimum absolute atomic E-state index is 0.0625. The van der Waals surface area contributed by atoms with Gasteiger partial charge in [0.1, 0.15) is 10.8 Å². The molecule has 2 nitrogen and oxygen atoms in total. The van der Waals surface area contributed by atoms with Crippen molar-refractivity contribution in [1.29, 1.82) is 0 Å². The van der Waals surface area contributed by atoms with E-state index in [0.29, 0.717) is 5.56 Å². The van der Waals surface area contributed by atoms with E-state index in [0.717, 1.165) is 20.9 Å². The molecular weight excluding hydrogens is 327 g/mol. The third kappa shape index (κ3) is 4.09. The third-order valence-corrected chi connectivity index (χ3v) is 4.03. The minimum Gasteiger partial charge on any atom is -0.307 e. The van der Waals surface area contributed by atoms with Gasteiger partial charge in [-0.3, -0.25) is 0 Å². The van der Waals surface area contributed by atoms with Crippen LogP contribution in [0.5, 0.6) is 0 Å². The number of thiazole rings is 1. The summed E-state index contributed by atoms with van der Waals surface area (Å²) in [6.07, 6.45) is 1.81. The van der Waals surface area contributed by atoms with Gasteiger partial charge in [0.05, 0.1) is 0 Å². The predicted molar refractivity (Wildman–Crippen MR) is 81.8 cm³/mol. The van der Waals surface area contributed by atoms with Crippen LogP contribution in [0.25, 0.3) is 10.6 Å². The van der Waals surface area contributed by atoms with Crippen LogP contribution in [0.2, 0.25) is 0 Å². The number of nitrogens with zero attached hydrogens (tertiary/aromatic N) is 1. The van der Waals surface area contributed by atoms with Gasteiger partial charge in [0.15, 0.2) is 0 Å². The summed E-state index contributed by atoms with van der Waals surface area (Å²) in [5.41, 5.74) is 0.614. The lowest BCUT2D eigenvalue weighted by Crippen LogP contribution is -2.34. The maximum absolute atomic E-state index is 13.8. The van der Waals surface area contributed by atoms with E-state index in [1.54, 1.807) is 12.3 Å². The van der Waals surface area contributed by atoms with E-state index in [1.165, 1.54) is 17.4 Å². The van der Waals surface area contributed by atoms with Gasteiger partial charge in [0, 0.05) is 33.2 Å². The number of hydrogen-bond acceptors (Lipinski definition) is 3. The highest BCUT2D eigenvalue weighted by molar-refractivity contribution is 9.10. The lowest BCUT2D eigenvalue weighted by molar-refractivity contribution is 0.426. The van der Waals surface area contributed by atoms with E-state index in [9.17, 15) is 4.39 Å². The van der Waals surface area contributed by atoms with E-state index in [1.807, 2.05) is 6.07 Å². The Bertz CT molecular complexity index is 575. The lowest BCUT2D eigenvalue weighted by Gasteiger charge is -2.19. The quantitative estimate of drug-likeness (QED) is 0.881. The molecular formula is C14H16BrFN2S. The molecule has 102 valence electrons. The zero-order valence-corrected chi connectivity index (χ0v) is 13.5. The normalized spacial score (nSPS) is 11.8. The SMILES string of the molecule is CC(C)(C)NCc1cnc(-c2ccc(Br)cc2F)s1. The third-order valence-electron chi connectivity index (χ3n) is 2.51. The summed E-state index contributed by atoms with van der Waals surface area (Å²) in [5, 5.41) is 4.11. The van der Waals surface area contributed by atoms with Crippen LogP contribution in [0, 0.1) is 5.82 Å². The standard InChI is InChI=1S/C14H16BrFN2S/c1-14(2,3)18-8-10-7-17-13(19-10)11-5-4-9(15)6-12(11)16/h4-7,18H,8H2,1-3H3. The number of hydrogen-bond donors (Lipinski definition) is 1. The molecule has 0 bridgehead atoms. The highest BCUT2D eigenvalue weighted by atomic mass is 79.9. The molecule has 2 aromatic rings. The van der Waals surface area contributed by atoms with Crippen LogP contribution in [0.3, 0.4) is 0 Å². The van der Waals surface area contributed by atoms with Crippen molar-refractivity contribution in [1.82, 2.24) is 10.3 Å². The molecule has 0 unspecified atom stereocenters. The van der Waals surface area contributed by atoms with Gasteiger partial charge in [-0.05, 0) is 39.0 Å². The summed E-state index contributed by atoms with van der Waals surface area (Å²) in [6, 6.07) is 5.04. The van der Waals surface area contributed by atoms with Crippen LogP contribution in [0.4, 0.5) is 4.39 Å². The molecule has 5 heteroatoms. The van der Waals surface area contributed by atoms with Crippen LogP contribution < -0.4 is 5.32 Å². The first kappa shape index (κ1) is 14.6. The second-order valence-electron chi connectivity index (χ2n) is 5.36. The van der Waals surface area contributed by atoms with Crippen molar-refractivity contribution in [3.05, 3.63) is 39.6 Å². The molecule has 1 aromatic heterocycles. The first-order valence-electron chi connectivity index (χ1n) is 6.00. The second-order valence-corrected chi connectivity index (χ2v) is 7.39. The molecule has 0 aliphatic rings. The summed E-state index contributed by atoms with van der Waals surface area (Å²) >= 11 is 4.77. The summed E-state index contributed by atoms with van der Waals surface area (Å²) < 4.78 is 14.6. The maximum Gasteiger partial charge on any atom is 0.134 e. The Balaban J connectivity index is 2.16. The summed E-state index contributed by atoms with van der Waals surface area (Å²) in [5.74, 6) is -0.251. The average Bonchev–Trinajstić information content (AvgIpc) is 2.74. The van der Waals surface area contributed by atoms with Crippen LogP contribution in [0.1, 0.15) is 25.6 Å². The Morgan fingerprint density at radius 1 is 1.37 bits per heavy atom. The first-order chi connectivity index (χ1) is 8.85. The van der Waals surface area contributed by atoms with Crippen LogP contribution in [-0.2, 0) is 6.54 Å². The topological polar surface area (TPSA) is 24.9 Å². The van der Waals surface area contributed by atoms with E-state index in [-0.39, 0.29) is 11.4 Å². The summed E-state index contributed by atoms with van der Waals surface area (Å²) in [4.78, 5) is 5.40. The van der Waals surface area contributed by atoms with Gasteiger partial charge in [-0.1, -0.05) is 15.9 Å². The number of benzene rings is 1. The number of aromatic nitrogens is 1. The Kier molecular flexibility index (Phi) is 4.38. The van der Waals surface area contributed by atoms with Gasteiger partial charge in [-0.25, -0.2) is 9.37 Å². The van der Waals surface area contributed by atoms with Crippen LogP contribution in [0.15, 0.2) is 28.9 Å². The van der Waals surface area contributed by atoms with Gasteiger partial charge in [0.2, 0.25) is 0 Å².